The molecule has 144 valence electrons. The summed E-state index contributed by atoms with van der Waals surface area (Å²) < 4.78 is 0. The molecule has 0 unspecified atom stereocenters. The van der Waals surface area contributed by atoms with Crippen molar-refractivity contribution in [3.05, 3.63) is 64.7 Å². The molecule has 5 aliphatic rings. The molecule has 4 aliphatic carbocycles. The van der Waals surface area contributed by atoms with Crippen LogP contribution in [0.15, 0.2) is 42.5 Å². The lowest BCUT2D eigenvalue weighted by atomic mass is 9.95. The summed E-state index contributed by atoms with van der Waals surface area (Å²) >= 11 is 0. The van der Waals surface area contributed by atoms with Crippen LogP contribution in [0, 0.1) is 0 Å². The fraction of sp³-hybridized carbons (Fsp3) is 0.500. The lowest BCUT2D eigenvalue weighted by Gasteiger charge is -2.37. The summed E-state index contributed by atoms with van der Waals surface area (Å²) in [5, 5.41) is 0. The minimum absolute atomic E-state index is 0.818. The van der Waals surface area contributed by atoms with Crippen molar-refractivity contribution in [2.75, 3.05) is 44.2 Å². The minimum atomic E-state index is 0.818. The number of benzene rings is 2. The van der Waals surface area contributed by atoms with Crippen molar-refractivity contribution >= 4 is 5.69 Å². The predicted molar refractivity (Wildman–Crippen MR) is 115 cm³/mol. The summed E-state index contributed by atoms with van der Waals surface area (Å²) in [6.45, 7) is 6.66. The third-order valence-corrected chi connectivity index (χ3v) is 6.20. The van der Waals surface area contributed by atoms with Gasteiger partial charge in [0.1, 0.15) is 0 Å². The maximum Gasteiger partial charge on any atom is 0.0402 e. The highest BCUT2D eigenvalue weighted by atomic mass is 15.3. The molecular weight excluding hydrogens is 330 g/mol. The Hall–Kier alpha value is -1.84. The van der Waals surface area contributed by atoms with Crippen LogP contribution in [0.5, 0.6) is 0 Å². The molecule has 2 N–H and O–H groups in total. The van der Waals surface area contributed by atoms with Crippen molar-refractivity contribution < 1.29 is 0 Å². The van der Waals surface area contributed by atoms with E-state index in [0.29, 0.717) is 0 Å². The van der Waals surface area contributed by atoms with E-state index in [1.165, 1.54) is 54.0 Å². The van der Waals surface area contributed by atoms with Crippen LogP contribution in [0.4, 0.5) is 5.69 Å². The molecule has 2 aromatic rings. The van der Waals surface area contributed by atoms with Crippen molar-refractivity contribution in [3.63, 3.8) is 0 Å². The van der Waals surface area contributed by atoms with Gasteiger partial charge >= 0.3 is 0 Å². The average molecular weight is 364 g/mol. The van der Waals surface area contributed by atoms with Crippen LogP contribution in [0.1, 0.15) is 35.1 Å². The van der Waals surface area contributed by atoms with Crippen molar-refractivity contribution in [1.29, 1.82) is 0 Å². The fourth-order valence-corrected chi connectivity index (χ4v) is 4.40. The van der Waals surface area contributed by atoms with Crippen LogP contribution in [-0.4, -0.2) is 44.2 Å². The van der Waals surface area contributed by atoms with Gasteiger partial charge in [0, 0.05) is 31.9 Å². The topological polar surface area (TPSA) is 32.5 Å². The zero-order valence-corrected chi connectivity index (χ0v) is 16.5. The molecule has 1 aliphatic heterocycles. The zero-order valence-electron chi connectivity index (χ0n) is 16.5. The largest absolute Gasteiger partial charge is 0.369 e. The van der Waals surface area contributed by atoms with E-state index in [4.69, 9.17) is 5.73 Å². The van der Waals surface area contributed by atoms with Gasteiger partial charge in [0.15, 0.2) is 0 Å². The van der Waals surface area contributed by atoms with Crippen LogP contribution in [0.3, 0.4) is 0 Å². The molecule has 1 saturated heterocycles. The second-order valence-corrected chi connectivity index (χ2v) is 8.10. The van der Waals surface area contributed by atoms with E-state index in [0.717, 1.165) is 51.7 Å². The zero-order chi connectivity index (χ0) is 18.5. The van der Waals surface area contributed by atoms with Gasteiger partial charge in [-0.3, -0.25) is 4.90 Å². The summed E-state index contributed by atoms with van der Waals surface area (Å²) in [4.78, 5) is 5.24. The molecule has 7 rings (SSSR count). The van der Waals surface area contributed by atoms with E-state index in [-0.39, 0.29) is 0 Å². The molecular formula is C24H33N3. The lowest BCUT2D eigenvalue weighted by Crippen LogP contribution is -2.47. The Morgan fingerprint density at radius 1 is 0.704 bits per heavy atom. The molecule has 3 nitrogen and oxygen atoms in total. The molecule has 0 radical (unpaired) electrons. The molecule has 0 spiro atoms. The van der Waals surface area contributed by atoms with Crippen molar-refractivity contribution in [1.82, 2.24) is 4.90 Å². The number of nitrogens with zero attached hydrogens (tertiary/aromatic N) is 2. The molecule has 0 atom stereocenters. The van der Waals surface area contributed by atoms with Gasteiger partial charge in [-0.05, 0) is 79.9 Å². The molecule has 1 fully saturated rings. The number of anilines is 1. The number of aryl methyl sites for hydroxylation is 4. The minimum Gasteiger partial charge on any atom is -0.369 e. The van der Waals surface area contributed by atoms with Gasteiger partial charge in [0.2, 0.25) is 0 Å². The summed E-state index contributed by atoms with van der Waals surface area (Å²) in [6, 6.07) is 16.5. The van der Waals surface area contributed by atoms with E-state index in [2.05, 4.69) is 52.3 Å². The van der Waals surface area contributed by atoms with Gasteiger partial charge in [-0.15, -0.1) is 0 Å². The molecule has 3 heteroatoms. The van der Waals surface area contributed by atoms with Gasteiger partial charge in [-0.2, -0.15) is 0 Å². The third kappa shape index (κ3) is 4.72. The predicted octanol–water partition coefficient (Wildman–Crippen LogP) is 3.43. The highest BCUT2D eigenvalue weighted by Gasteiger charge is 2.19. The second-order valence-electron chi connectivity index (χ2n) is 8.10. The van der Waals surface area contributed by atoms with E-state index in [1.54, 1.807) is 0 Å². The third-order valence-electron chi connectivity index (χ3n) is 6.20. The standard InChI is InChI=1S/C24H33N3/c25-13-1-2-14-26-15-17-27(18-16-26)24-19-22-8-7-20-3-5-21(6-4-20)9-11-23(24)12-10-22/h3-6,10,12,19H,1-2,7-9,11,13-18,25H2. The Bertz CT molecular complexity index is 730. The van der Waals surface area contributed by atoms with Gasteiger partial charge in [0.05, 0.1) is 0 Å². The molecule has 2 aromatic carbocycles. The number of hydrogen-bond donors (Lipinski definition) is 1. The Kier molecular flexibility index (Phi) is 6.10. The van der Waals surface area contributed by atoms with Crippen LogP contribution in [-0.2, 0) is 25.7 Å². The first-order valence-corrected chi connectivity index (χ1v) is 10.7. The Balaban J connectivity index is 1.47. The van der Waals surface area contributed by atoms with Gasteiger partial charge in [-0.25, -0.2) is 0 Å². The second kappa shape index (κ2) is 8.90. The van der Waals surface area contributed by atoms with E-state index in [1.807, 2.05) is 0 Å². The van der Waals surface area contributed by atoms with Crippen molar-refractivity contribution in [3.8, 4) is 0 Å². The molecule has 4 bridgehead atoms. The highest BCUT2D eigenvalue weighted by Crippen LogP contribution is 2.27. The SMILES string of the molecule is NCCCCN1CCN(c2cc3ccc2CCc2ccc(cc2)CC3)CC1. The van der Waals surface area contributed by atoms with Crippen molar-refractivity contribution in [2.45, 2.75) is 38.5 Å². The summed E-state index contributed by atoms with van der Waals surface area (Å²) in [7, 11) is 0. The van der Waals surface area contributed by atoms with Gasteiger partial charge in [-0.1, -0.05) is 36.4 Å². The number of nitrogens with two attached hydrogens (primary N) is 1. The maximum absolute atomic E-state index is 5.64. The van der Waals surface area contributed by atoms with Crippen LogP contribution in [0.2, 0.25) is 0 Å². The molecule has 0 aromatic heterocycles. The highest BCUT2D eigenvalue weighted by molar-refractivity contribution is 5.56. The fourth-order valence-electron chi connectivity index (χ4n) is 4.40. The Morgan fingerprint density at radius 3 is 2.04 bits per heavy atom. The van der Waals surface area contributed by atoms with Crippen LogP contribution >= 0.6 is 0 Å². The number of unbranched alkanes of at least 4 members (excludes halogenated alkanes) is 1. The number of piperazine rings is 1. The number of rotatable bonds is 5. The summed E-state index contributed by atoms with van der Waals surface area (Å²) in [5.74, 6) is 0. The summed E-state index contributed by atoms with van der Waals surface area (Å²) in [5.41, 5.74) is 13.0. The van der Waals surface area contributed by atoms with Gasteiger partial charge in [0.25, 0.3) is 0 Å². The Morgan fingerprint density at radius 2 is 1.33 bits per heavy atom. The molecule has 1 heterocycles. The van der Waals surface area contributed by atoms with Gasteiger partial charge < -0.3 is 10.6 Å². The Labute approximate surface area is 164 Å². The first-order chi connectivity index (χ1) is 13.3. The van der Waals surface area contributed by atoms with Crippen LogP contribution in [0.25, 0.3) is 0 Å². The first-order valence-electron chi connectivity index (χ1n) is 10.7. The quantitative estimate of drug-likeness (QED) is 0.826. The monoisotopic (exact) mass is 363 g/mol. The molecule has 27 heavy (non-hydrogen) atoms. The smallest absolute Gasteiger partial charge is 0.0402 e. The van der Waals surface area contributed by atoms with Crippen molar-refractivity contribution in [2.24, 2.45) is 5.73 Å². The number of hydrogen-bond acceptors (Lipinski definition) is 3. The van der Waals surface area contributed by atoms with E-state index in [9.17, 15) is 0 Å². The average Bonchev–Trinajstić information content (AvgIpc) is 2.71. The summed E-state index contributed by atoms with van der Waals surface area (Å²) in [6.07, 6.45) is 6.90. The molecule has 0 amide bonds. The molecule has 0 saturated carbocycles. The van der Waals surface area contributed by atoms with E-state index < -0.39 is 0 Å². The maximum atomic E-state index is 5.64. The normalized spacial score (nSPS) is 17.7. The van der Waals surface area contributed by atoms with E-state index >= 15 is 0 Å². The van der Waals surface area contributed by atoms with Crippen LogP contribution < -0.4 is 10.6 Å². The first kappa shape index (κ1) is 18.5. The lowest BCUT2D eigenvalue weighted by molar-refractivity contribution is 0.253.